The minimum absolute atomic E-state index is 0.0894. The second-order valence-corrected chi connectivity index (χ2v) is 7.45. The zero-order valence-corrected chi connectivity index (χ0v) is 16.7. The molecule has 0 bridgehead atoms. The third-order valence-corrected chi connectivity index (χ3v) is 4.97. The largest absolute Gasteiger partial charge is 0.513 e. The monoisotopic (exact) mass is 417 g/mol. The summed E-state index contributed by atoms with van der Waals surface area (Å²) in [5.41, 5.74) is 1.95. The van der Waals surface area contributed by atoms with Crippen LogP contribution in [0.2, 0.25) is 5.02 Å². The summed E-state index contributed by atoms with van der Waals surface area (Å²) in [5.74, 6) is -1.92. The molecule has 1 saturated heterocycles. The van der Waals surface area contributed by atoms with Crippen molar-refractivity contribution in [1.82, 2.24) is 9.88 Å². The standard InChI is InChI=1S/C21H21ClFN3O3/c1-13-3-6-15(7-4-13)11-25-18(8-5-14(2)27)21(29)26(12-19(25)28)20-17(23)9-16(22)10-24-20/h3-4,6-7,9-10,18,27H,2,5,8,11-12H2,1H3. The molecule has 2 amide bonds. The van der Waals surface area contributed by atoms with E-state index < -0.39 is 17.8 Å². The van der Waals surface area contributed by atoms with Gasteiger partial charge in [0, 0.05) is 19.2 Å². The van der Waals surface area contributed by atoms with Crippen LogP contribution in [0.3, 0.4) is 0 Å². The van der Waals surface area contributed by atoms with E-state index in [2.05, 4.69) is 11.6 Å². The lowest BCUT2D eigenvalue weighted by Gasteiger charge is -2.40. The minimum atomic E-state index is -0.877. The number of anilines is 1. The number of aryl methyl sites for hydroxylation is 1. The molecule has 0 aliphatic carbocycles. The first-order valence-electron chi connectivity index (χ1n) is 9.10. The van der Waals surface area contributed by atoms with E-state index in [1.807, 2.05) is 31.2 Å². The second kappa shape index (κ2) is 8.61. The van der Waals surface area contributed by atoms with Gasteiger partial charge in [0.25, 0.3) is 5.91 Å². The molecule has 0 saturated carbocycles. The van der Waals surface area contributed by atoms with Crippen LogP contribution in [0.4, 0.5) is 10.2 Å². The SMILES string of the molecule is C=C(O)CCC1C(=O)N(c2ncc(Cl)cc2F)CC(=O)N1Cc1ccc(C)cc1. The van der Waals surface area contributed by atoms with Gasteiger partial charge in [0.2, 0.25) is 5.91 Å². The van der Waals surface area contributed by atoms with Crippen molar-refractivity contribution >= 4 is 29.2 Å². The zero-order valence-electron chi connectivity index (χ0n) is 15.9. The van der Waals surface area contributed by atoms with Crippen LogP contribution in [-0.4, -0.2) is 39.4 Å². The molecule has 1 atom stereocenters. The van der Waals surface area contributed by atoms with Gasteiger partial charge in [-0.1, -0.05) is 48.0 Å². The molecule has 1 aliphatic heterocycles. The number of nitrogens with zero attached hydrogens (tertiary/aromatic N) is 3. The summed E-state index contributed by atoms with van der Waals surface area (Å²) in [5, 5.41) is 9.58. The molecule has 1 aromatic carbocycles. The van der Waals surface area contributed by atoms with E-state index in [0.717, 1.165) is 22.1 Å². The number of rotatable bonds is 6. The number of aliphatic hydroxyl groups excluding tert-OH is 1. The Morgan fingerprint density at radius 1 is 1.34 bits per heavy atom. The predicted molar refractivity (Wildman–Crippen MR) is 108 cm³/mol. The maximum atomic E-state index is 14.3. The normalized spacial score (nSPS) is 17.0. The molecular weight excluding hydrogens is 397 g/mol. The van der Waals surface area contributed by atoms with Gasteiger partial charge >= 0.3 is 0 Å². The molecule has 2 heterocycles. The van der Waals surface area contributed by atoms with Crippen molar-refractivity contribution < 1.29 is 19.1 Å². The highest BCUT2D eigenvalue weighted by Crippen LogP contribution is 2.27. The van der Waals surface area contributed by atoms with E-state index in [4.69, 9.17) is 11.6 Å². The summed E-state index contributed by atoms with van der Waals surface area (Å²) in [4.78, 5) is 32.4. The van der Waals surface area contributed by atoms with E-state index in [1.165, 1.54) is 11.1 Å². The van der Waals surface area contributed by atoms with Gasteiger partial charge in [0.1, 0.15) is 12.6 Å². The van der Waals surface area contributed by atoms with Gasteiger partial charge in [0.05, 0.1) is 10.8 Å². The molecule has 1 unspecified atom stereocenters. The smallest absolute Gasteiger partial charge is 0.251 e. The molecule has 8 heteroatoms. The van der Waals surface area contributed by atoms with Gasteiger partial charge in [0.15, 0.2) is 11.6 Å². The number of pyridine rings is 1. The molecule has 6 nitrogen and oxygen atoms in total. The van der Waals surface area contributed by atoms with Crippen molar-refractivity contribution in [2.75, 3.05) is 11.4 Å². The van der Waals surface area contributed by atoms with Crippen LogP contribution >= 0.6 is 11.6 Å². The Morgan fingerprint density at radius 3 is 2.66 bits per heavy atom. The molecule has 0 spiro atoms. The maximum absolute atomic E-state index is 14.3. The number of hydrogen-bond acceptors (Lipinski definition) is 4. The Morgan fingerprint density at radius 2 is 2.03 bits per heavy atom. The van der Waals surface area contributed by atoms with Crippen LogP contribution in [0.15, 0.2) is 48.9 Å². The van der Waals surface area contributed by atoms with E-state index in [-0.39, 0.29) is 48.4 Å². The Balaban J connectivity index is 1.91. The Labute approximate surface area is 173 Å². The first-order valence-corrected chi connectivity index (χ1v) is 9.48. The van der Waals surface area contributed by atoms with Gasteiger partial charge in [-0.05, 0) is 25.0 Å². The zero-order chi connectivity index (χ0) is 21.1. The number of aromatic nitrogens is 1. The molecule has 1 aliphatic rings. The fourth-order valence-electron chi connectivity index (χ4n) is 3.25. The first kappa shape index (κ1) is 20.8. The minimum Gasteiger partial charge on any atom is -0.513 e. The number of allylic oxidation sites excluding steroid dienone is 1. The van der Waals surface area contributed by atoms with Crippen LogP contribution in [0, 0.1) is 12.7 Å². The Hall–Kier alpha value is -2.93. The van der Waals surface area contributed by atoms with E-state index in [1.54, 1.807) is 0 Å². The number of carbonyl (C=O) groups is 2. The molecule has 1 N–H and O–H groups in total. The lowest BCUT2D eigenvalue weighted by molar-refractivity contribution is -0.144. The van der Waals surface area contributed by atoms with Gasteiger partial charge in [-0.2, -0.15) is 0 Å². The summed E-state index contributed by atoms with van der Waals surface area (Å²) < 4.78 is 14.3. The number of amides is 2. The van der Waals surface area contributed by atoms with E-state index in [0.29, 0.717) is 0 Å². The molecule has 29 heavy (non-hydrogen) atoms. The number of benzene rings is 1. The molecule has 1 aromatic heterocycles. The number of aliphatic hydroxyl groups is 1. The quantitative estimate of drug-likeness (QED) is 0.726. The second-order valence-electron chi connectivity index (χ2n) is 7.01. The third-order valence-electron chi connectivity index (χ3n) is 4.76. The van der Waals surface area contributed by atoms with E-state index in [9.17, 15) is 19.1 Å². The fourth-order valence-corrected chi connectivity index (χ4v) is 3.39. The molecule has 3 rings (SSSR count). The molecule has 152 valence electrons. The Bertz CT molecular complexity index is 949. The van der Waals surface area contributed by atoms with Gasteiger partial charge in [-0.3, -0.25) is 14.5 Å². The van der Waals surface area contributed by atoms with Gasteiger partial charge < -0.3 is 10.0 Å². The summed E-state index contributed by atoms with van der Waals surface area (Å²) in [6.07, 6.45) is 1.52. The van der Waals surface area contributed by atoms with Crippen LogP contribution in [0.25, 0.3) is 0 Å². The van der Waals surface area contributed by atoms with Crippen molar-refractivity contribution in [3.05, 3.63) is 70.8 Å². The highest BCUT2D eigenvalue weighted by atomic mass is 35.5. The molecule has 2 aromatic rings. The summed E-state index contributed by atoms with van der Waals surface area (Å²) in [7, 11) is 0. The van der Waals surface area contributed by atoms with Crippen molar-refractivity contribution in [1.29, 1.82) is 0 Å². The van der Waals surface area contributed by atoms with Crippen molar-refractivity contribution in [3.8, 4) is 0 Å². The highest BCUT2D eigenvalue weighted by Gasteiger charge is 2.41. The average molecular weight is 418 g/mol. The number of piperazine rings is 1. The van der Waals surface area contributed by atoms with E-state index >= 15 is 0 Å². The van der Waals surface area contributed by atoms with Crippen molar-refractivity contribution in [2.45, 2.75) is 32.4 Å². The topological polar surface area (TPSA) is 73.7 Å². The summed E-state index contributed by atoms with van der Waals surface area (Å²) in [6, 6.07) is 7.80. The van der Waals surface area contributed by atoms with Crippen molar-refractivity contribution in [2.24, 2.45) is 0 Å². The molecular formula is C21H21ClFN3O3. The van der Waals surface area contributed by atoms with Gasteiger partial charge in [-0.15, -0.1) is 0 Å². The number of halogens is 2. The first-order chi connectivity index (χ1) is 13.8. The Kier molecular flexibility index (Phi) is 6.17. The van der Waals surface area contributed by atoms with Crippen LogP contribution in [0.5, 0.6) is 0 Å². The molecule has 1 fully saturated rings. The average Bonchev–Trinajstić information content (AvgIpc) is 2.66. The fraction of sp³-hybridized carbons (Fsp3) is 0.286. The molecule has 0 radical (unpaired) electrons. The lowest BCUT2D eigenvalue weighted by Crippen LogP contribution is -2.60. The van der Waals surface area contributed by atoms with Crippen molar-refractivity contribution in [3.63, 3.8) is 0 Å². The number of hydrogen-bond donors (Lipinski definition) is 1. The highest BCUT2D eigenvalue weighted by molar-refractivity contribution is 6.30. The van der Waals surface area contributed by atoms with Crippen LogP contribution < -0.4 is 4.90 Å². The lowest BCUT2D eigenvalue weighted by atomic mass is 10.0. The van der Waals surface area contributed by atoms with Crippen LogP contribution in [0.1, 0.15) is 24.0 Å². The maximum Gasteiger partial charge on any atom is 0.251 e. The summed E-state index contributed by atoms with van der Waals surface area (Å²) >= 11 is 5.74. The summed E-state index contributed by atoms with van der Waals surface area (Å²) in [6.45, 7) is 5.31. The van der Waals surface area contributed by atoms with Gasteiger partial charge in [-0.25, -0.2) is 9.37 Å². The van der Waals surface area contributed by atoms with Crippen LogP contribution in [-0.2, 0) is 16.1 Å². The predicted octanol–water partition coefficient (Wildman–Crippen LogP) is 3.78. The third kappa shape index (κ3) is 4.74. The number of carbonyl (C=O) groups excluding carboxylic acids is 2.